The predicted molar refractivity (Wildman–Crippen MR) is 226 cm³/mol. The zero-order chi connectivity index (χ0) is 43.1. The summed E-state index contributed by atoms with van der Waals surface area (Å²) in [5.74, 6) is -1.36. The molecule has 0 spiro atoms. The van der Waals surface area contributed by atoms with Gasteiger partial charge < -0.3 is 21.3 Å². The van der Waals surface area contributed by atoms with Crippen LogP contribution in [-0.2, 0) is 35.5 Å². The molecule has 4 aliphatic rings. The van der Waals surface area contributed by atoms with Gasteiger partial charge in [-0.15, -0.1) is 0 Å². The third kappa shape index (κ3) is 7.98. The molecule has 16 heteroatoms. The van der Waals surface area contributed by atoms with Gasteiger partial charge in [-0.05, 0) is 59.4 Å². The van der Waals surface area contributed by atoms with E-state index in [0.29, 0.717) is 59.8 Å². The molecule has 312 valence electrons. The summed E-state index contributed by atoms with van der Waals surface area (Å²) >= 11 is 12.4. The van der Waals surface area contributed by atoms with Crippen molar-refractivity contribution in [2.24, 2.45) is 0 Å². The van der Waals surface area contributed by atoms with Crippen molar-refractivity contribution in [3.8, 4) is 22.8 Å². The van der Waals surface area contributed by atoms with E-state index in [0.717, 1.165) is 35.1 Å². The van der Waals surface area contributed by atoms with E-state index in [9.17, 15) is 28.0 Å². The Labute approximate surface area is 363 Å². The number of carbonyl (C=O) groups excluding carboxylic acids is 4. The molecule has 2 fully saturated rings. The fourth-order valence-electron chi connectivity index (χ4n) is 8.25. The number of aromatic nitrogens is 4. The highest BCUT2D eigenvalue weighted by molar-refractivity contribution is 6.33. The molecular weight excluding hydrogens is 837 g/mol. The van der Waals surface area contributed by atoms with Crippen molar-refractivity contribution < 1.29 is 28.0 Å². The number of benzene rings is 4. The summed E-state index contributed by atoms with van der Waals surface area (Å²) in [6.45, 7) is 1.90. The Hall–Kier alpha value is -6.64. The van der Waals surface area contributed by atoms with E-state index in [1.807, 2.05) is 48.5 Å². The van der Waals surface area contributed by atoms with Gasteiger partial charge in [0.15, 0.2) is 11.6 Å². The van der Waals surface area contributed by atoms with Gasteiger partial charge >= 0.3 is 0 Å². The maximum absolute atomic E-state index is 14.5. The maximum Gasteiger partial charge on any atom is 0.255 e. The van der Waals surface area contributed by atoms with Crippen molar-refractivity contribution in [2.45, 2.75) is 50.6 Å². The SMILES string of the molecule is O=C1NCc2nc(-c3c(F)cccc3Cl)nc(Cc3ccc(C4CCNC4=O)cc3)c21.O=C1NCc2nc(-c3c(F)cccc3Cl)nc(Cc3ccc([C@H]4CCNC4=O)cc3)c21. The minimum absolute atomic E-state index is 0.0458. The summed E-state index contributed by atoms with van der Waals surface area (Å²) in [5.41, 5.74) is 6.96. The maximum atomic E-state index is 14.5. The first-order chi connectivity index (χ1) is 30.0. The lowest BCUT2D eigenvalue weighted by Crippen LogP contribution is -2.17. The normalized spacial score (nSPS) is 17.4. The van der Waals surface area contributed by atoms with Crippen LogP contribution in [0.5, 0.6) is 0 Å². The number of hydrogen-bond acceptors (Lipinski definition) is 8. The van der Waals surface area contributed by atoms with E-state index in [2.05, 4.69) is 41.2 Å². The Balaban J connectivity index is 0.000000158. The number of amides is 4. The van der Waals surface area contributed by atoms with E-state index in [1.54, 1.807) is 12.1 Å². The molecule has 10 rings (SSSR count). The molecule has 2 aromatic heterocycles. The van der Waals surface area contributed by atoms with Crippen LogP contribution in [0.25, 0.3) is 22.8 Å². The van der Waals surface area contributed by atoms with Crippen LogP contribution >= 0.6 is 23.2 Å². The summed E-state index contributed by atoms with van der Waals surface area (Å²) in [5, 5.41) is 11.6. The molecule has 4 amide bonds. The molecule has 62 heavy (non-hydrogen) atoms. The molecule has 4 aliphatic heterocycles. The van der Waals surface area contributed by atoms with Crippen molar-refractivity contribution in [1.29, 1.82) is 0 Å². The summed E-state index contributed by atoms with van der Waals surface area (Å²) in [6.07, 6.45) is 2.30. The lowest BCUT2D eigenvalue weighted by molar-refractivity contribution is -0.121. The van der Waals surface area contributed by atoms with Crippen LogP contribution in [0, 0.1) is 11.6 Å². The molecular formula is C46H36Cl2F2N8O4. The van der Waals surface area contributed by atoms with Gasteiger partial charge in [0.1, 0.15) is 11.6 Å². The van der Waals surface area contributed by atoms with Crippen LogP contribution in [0.2, 0.25) is 10.0 Å². The number of carbonyl (C=O) groups is 4. The zero-order valence-corrected chi connectivity index (χ0v) is 34.3. The molecule has 6 aromatic rings. The van der Waals surface area contributed by atoms with Crippen molar-refractivity contribution in [3.05, 3.63) is 163 Å². The zero-order valence-electron chi connectivity index (χ0n) is 32.8. The van der Waals surface area contributed by atoms with E-state index >= 15 is 0 Å². The van der Waals surface area contributed by atoms with Crippen molar-refractivity contribution >= 4 is 46.8 Å². The van der Waals surface area contributed by atoms with Crippen molar-refractivity contribution in [2.75, 3.05) is 13.1 Å². The Morgan fingerprint density at radius 2 is 0.919 bits per heavy atom. The van der Waals surface area contributed by atoms with Crippen LogP contribution in [0.4, 0.5) is 8.78 Å². The van der Waals surface area contributed by atoms with Gasteiger partial charge in [-0.2, -0.15) is 0 Å². The average Bonchev–Trinajstić information content (AvgIpc) is 4.06. The molecule has 4 N–H and O–H groups in total. The van der Waals surface area contributed by atoms with Crippen LogP contribution in [0.15, 0.2) is 84.9 Å². The Morgan fingerprint density at radius 3 is 1.27 bits per heavy atom. The van der Waals surface area contributed by atoms with Crippen LogP contribution in [0.1, 0.15) is 90.4 Å². The first-order valence-electron chi connectivity index (χ1n) is 20.0. The first kappa shape index (κ1) is 40.7. The van der Waals surface area contributed by atoms with Gasteiger partial charge in [0.05, 0.1) is 80.0 Å². The standard InChI is InChI=1S/2C23H18ClFN4O2/c2*24-15-2-1-3-16(25)19(15)21-28-17(20-18(29-21)11-27-23(20)31)10-12-4-6-13(7-5-12)14-8-9-26-22(14)30/h2*1-7,14H,8-11H2,(H,26,30)(H,27,31)/t14-;/m1./s1. The molecule has 0 aliphatic carbocycles. The average molecular weight is 874 g/mol. The first-order valence-corrected chi connectivity index (χ1v) is 20.8. The minimum Gasteiger partial charge on any atom is -0.356 e. The highest BCUT2D eigenvalue weighted by Crippen LogP contribution is 2.33. The Kier molecular flexibility index (Phi) is 11.2. The smallest absolute Gasteiger partial charge is 0.255 e. The number of nitrogens with one attached hydrogen (secondary N) is 4. The van der Waals surface area contributed by atoms with Gasteiger partial charge in [-0.1, -0.05) is 83.9 Å². The van der Waals surface area contributed by atoms with Crippen LogP contribution in [0.3, 0.4) is 0 Å². The second-order valence-electron chi connectivity index (χ2n) is 15.3. The molecule has 12 nitrogen and oxygen atoms in total. The van der Waals surface area contributed by atoms with E-state index in [-0.39, 0.29) is 81.4 Å². The molecule has 2 atom stereocenters. The van der Waals surface area contributed by atoms with Crippen molar-refractivity contribution in [3.63, 3.8) is 0 Å². The second-order valence-corrected chi connectivity index (χ2v) is 16.1. The quantitative estimate of drug-likeness (QED) is 0.130. The topological polar surface area (TPSA) is 168 Å². The highest BCUT2D eigenvalue weighted by Gasteiger charge is 2.31. The monoisotopic (exact) mass is 872 g/mol. The Bertz CT molecular complexity index is 2580. The van der Waals surface area contributed by atoms with E-state index in [4.69, 9.17) is 23.2 Å². The lowest BCUT2D eigenvalue weighted by atomic mass is 9.95. The van der Waals surface area contributed by atoms with Crippen LogP contribution < -0.4 is 21.3 Å². The van der Waals surface area contributed by atoms with Crippen molar-refractivity contribution in [1.82, 2.24) is 41.2 Å². The highest BCUT2D eigenvalue weighted by atomic mass is 35.5. The van der Waals surface area contributed by atoms with Crippen LogP contribution in [-0.4, -0.2) is 56.7 Å². The van der Waals surface area contributed by atoms with Gasteiger partial charge in [-0.25, -0.2) is 28.7 Å². The fraction of sp³-hybridized carbons (Fsp3) is 0.217. The molecule has 0 radical (unpaired) electrons. The third-order valence-corrected chi connectivity index (χ3v) is 12.0. The predicted octanol–water partition coefficient (Wildman–Crippen LogP) is 6.75. The summed E-state index contributed by atoms with van der Waals surface area (Å²) in [7, 11) is 0. The molecule has 0 bridgehead atoms. The van der Waals surface area contributed by atoms with Gasteiger partial charge in [-0.3, -0.25) is 19.2 Å². The van der Waals surface area contributed by atoms with Gasteiger partial charge in [0, 0.05) is 25.9 Å². The number of halogens is 4. The molecule has 2 saturated heterocycles. The lowest BCUT2D eigenvalue weighted by Gasteiger charge is -2.12. The van der Waals surface area contributed by atoms with Gasteiger partial charge in [0.25, 0.3) is 11.8 Å². The number of nitrogens with zero attached hydrogens (tertiary/aromatic N) is 4. The van der Waals surface area contributed by atoms with Gasteiger partial charge in [0.2, 0.25) is 11.8 Å². The largest absolute Gasteiger partial charge is 0.356 e. The minimum atomic E-state index is -0.519. The number of rotatable bonds is 8. The molecule has 1 unspecified atom stereocenters. The summed E-state index contributed by atoms with van der Waals surface area (Å²) in [4.78, 5) is 66.5. The van der Waals surface area contributed by atoms with E-state index in [1.165, 1.54) is 24.3 Å². The molecule has 4 aromatic carbocycles. The number of fused-ring (bicyclic) bond motifs is 2. The fourth-order valence-corrected chi connectivity index (χ4v) is 8.75. The van der Waals surface area contributed by atoms with E-state index < -0.39 is 11.6 Å². The third-order valence-electron chi connectivity index (χ3n) is 11.4. The Morgan fingerprint density at radius 1 is 0.516 bits per heavy atom. The summed E-state index contributed by atoms with van der Waals surface area (Å²) < 4.78 is 28.9. The molecule has 0 saturated carbocycles. The number of hydrogen-bond donors (Lipinski definition) is 4. The summed E-state index contributed by atoms with van der Waals surface area (Å²) in [6, 6.07) is 24.3. The molecule has 6 heterocycles. The second kappa shape index (κ2) is 17.0.